The van der Waals surface area contributed by atoms with Gasteiger partial charge in [0.15, 0.2) is 11.5 Å². The summed E-state index contributed by atoms with van der Waals surface area (Å²) in [6, 6.07) is 10.6. The van der Waals surface area contributed by atoms with Crippen molar-refractivity contribution < 1.29 is 23.7 Å². The number of benzene rings is 2. The number of amides is 1. The number of hydrogen-bond donors (Lipinski definition) is 3. The third-order valence-electron chi connectivity index (χ3n) is 4.31. The molecular formula is C21H23N5O5. The summed E-state index contributed by atoms with van der Waals surface area (Å²) in [7, 11) is 6.14. The van der Waals surface area contributed by atoms with Crippen LogP contribution in [0.2, 0.25) is 0 Å². The molecule has 0 aliphatic rings. The van der Waals surface area contributed by atoms with Crippen molar-refractivity contribution in [2.75, 3.05) is 39.1 Å². The summed E-state index contributed by atoms with van der Waals surface area (Å²) in [5.74, 6) is 1.84. The standard InChI is InChI=1S/C21H23N5O5/c1-28-14-7-5-6-12(8-14)24-20-15(19(22)27)11-23-21(26-20)25-13-9-16(29-2)18(31-4)17(10-13)30-3/h5-11H,1-4H3,(H2,22,27)(H2,23,24,25,26). The van der Waals surface area contributed by atoms with E-state index in [0.29, 0.717) is 34.4 Å². The van der Waals surface area contributed by atoms with Crippen LogP contribution in [-0.2, 0) is 0 Å². The molecule has 0 atom stereocenters. The summed E-state index contributed by atoms with van der Waals surface area (Å²) >= 11 is 0. The number of carbonyl (C=O) groups excluding carboxylic acids is 1. The van der Waals surface area contributed by atoms with Gasteiger partial charge in [0.2, 0.25) is 11.7 Å². The second-order valence-electron chi connectivity index (χ2n) is 6.22. The molecule has 4 N–H and O–H groups in total. The van der Waals surface area contributed by atoms with Gasteiger partial charge < -0.3 is 35.3 Å². The van der Waals surface area contributed by atoms with Crippen molar-refractivity contribution in [3.8, 4) is 23.0 Å². The third kappa shape index (κ3) is 4.86. The Labute approximate surface area is 179 Å². The van der Waals surface area contributed by atoms with E-state index < -0.39 is 5.91 Å². The second-order valence-corrected chi connectivity index (χ2v) is 6.22. The Balaban J connectivity index is 1.96. The molecule has 0 aliphatic carbocycles. The molecule has 1 aromatic heterocycles. The van der Waals surface area contributed by atoms with Crippen LogP contribution in [0, 0.1) is 0 Å². The van der Waals surface area contributed by atoms with Crippen molar-refractivity contribution in [2.24, 2.45) is 5.73 Å². The summed E-state index contributed by atoms with van der Waals surface area (Å²) in [6.45, 7) is 0. The van der Waals surface area contributed by atoms with Crippen LogP contribution < -0.4 is 35.3 Å². The zero-order valence-electron chi connectivity index (χ0n) is 17.6. The fraction of sp³-hybridized carbons (Fsp3) is 0.190. The van der Waals surface area contributed by atoms with Crippen LogP contribution in [0.25, 0.3) is 0 Å². The van der Waals surface area contributed by atoms with E-state index in [1.54, 1.807) is 37.4 Å². The number of hydrogen-bond acceptors (Lipinski definition) is 9. The SMILES string of the molecule is COc1cccc(Nc2nc(Nc3cc(OC)c(OC)c(OC)c3)ncc2C(N)=O)c1. The number of nitrogens with one attached hydrogen (secondary N) is 2. The first-order valence-corrected chi connectivity index (χ1v) is 9.14. The predicted octanol–water partition coefficient (Wildman–Crippen LogP) is 3.10. The molecule has 162 valence electrons. The van der Waals surface area contributed by atoms with Crippen molar-refractivity contribution in [2.45, 2.75) is 0 Å². The minimum absolute atomic E-state index is 0.137. The Morgan fingerprint density at radius 1 is 0.903 bits per heavy atom. The number of nitrogens with two attached hydrogens (primary N) is 1. The summed E-state index contributed by atoms with van der Waals surface area (Å²) in [4.78, 5) is 20.4. The lowest BCUT2D eigenvalue weighted by Crippen LogP contribution is -2.15. The summed E-state index contributed by atoms with van der Waals surface area (Å²) in [5, 5.41) is 6.14. The summed E-state index contributed by atoms with van der Waals surface area (Å²) in [6.07, 6.45) is 1.35. The van der Waals surface area contributed by atoms with Crippen molar-refractivity contribution in [1.29, 1.82) is 0 Å². The Morgan fingerprint density at radius 2 is 1.61 bits per heavy atom. The largest absolute Gasteiger partial charge is 0.497 e. The summed E-state index contributed by atoms with van der Waals surface area (Å²) < 4.78 is 21.3. The molecular weight excluding hydrogens is 402 g/mol. The van der Waals surface area contributed by atoms with E-state index in [9.17, 15) is 4.79 Å². The molecule has 1 amide bonds. The molecule has 10 heteroatoms. The van der Waals surface area contributed by atoms with E-state index >= 15 is 0 Å². The molecule has 0 saturated carbocycles. The van der Waals surface area contributed by atoms with Crippen LogP contribution in [0.1, 0.15) is 10.4 Å². The molecule has 10 nitrogen and oxygen atoms in total. The van der Waals surface area contributed by atoms with Gasteiger partial charge in [-0.15, -0.1) is 0 Å². The lowest BCUT2D eigenvalue weighted by Gasteiger charge is -2.15. The molecule has 3 rings (SSSR count). The van der Waals surface area contributed by atoms with E-state index in [2.05, 4.69) is 20.6 Å². The van der Waals surface area contributed by atoms with Crippen LogP contribution in [-0.4, -0.2) is 44.3 Å². The van der Waals surface area contributed by atoms with Gasteiger partial charge in [-0.1, -0.05) is 6.07 Å². The van der Waals surface area contributed by atoms with Crippen LogP contribution in [0.15, 0.2) is 42.6 Å². The molecule has 0 aliphatic heterocycles. The Bertz CT molecular complexity index is 1060. The van der Waals surface area contributed by atoms with Gasteiger partial charge in [-0.2, -0.15) is 4.98 Å². The number of ether oxygens (including phenoxy) is 4. The van der Waals surface area contributed by atoms with E-state index in [1.807, 2.05) is 6.07 Å². The fourth-order valence-corrected chi connectivity index (χ4v) is 2.84. The smallest absolute Gasteiger partial charge is 0.254 e. The van der Waals surface area contributed by atoms with Crippen molar-refractivity contribution in [3.63, 3.8) is 0 Å². The zero-order valence-corrected chi connectivity index (χ0v) is 17.6. The first-order valence-electron chi connectivity index (χ1n) is 9.14. The highest BCUT2D eigenvalue weighted by molar-refractivity contribution is 5.98. The van der Waals surface area contributed by atoms with Gasteiger partial charge in [0, 0.05) is 35.8 Å². The quantitative estimate of drug-likeness (QED) is 0.473. The molecule has 0 bridgehead atoms. The molecule has 0 spiro atoms. The minimum atomic E-state index is -0.662. The number of carbonyl (C=O) groups is 1. The van der Waals surface area contributed by atoms with Gasteiger partial charge in [-0.05, 0) is 12.1 Å². The van der Waals surface area contributed by atoms with Crippen molar-refractivity contribution >= 4 is 29.0 Å². The van der Waals surface area contributed by atoms with Gasteiger partial charge in [0.25, 0.3) is 5.91 Å². The number of anilines is 4. The van der Waals surface area contributed by atoms with Gasteiger partial charge in [-0.25, -0.2) is 4.98 Å². The maximum Gasteiger partial charge on any atom is 0.254 e. The molecule has 3 aromatic rings. The van der Waals surface area contributed by atoms with E-state index in [1.165, 1.54) is 27.5 Å². The lowest BCUT2D eigenvalue weighted by molar-refractivity contribution is 0.100. The topological polar surface area (TPSA) is 130 Å². The van der Waals surface area contributed by atoms with E-state index in [-0.39, 0.29) is 17.3 Å². The van der Waals surface area contributed by atoms with Crippen LogP contribution >= 0.6 is 0 Å². The Kier molecular flexibility index (Phi) is 6.61. The van der Waals surface area contributed by atoms with Gasteiger partial charge in [0.05, 0.1) is 28.4 Å². The minimum Gasteiger partial charge on any atom is -0.497 e. The van der Waals surface area contributed by atoms with Gasteiger partial charge >= 0.3 is 0 Å². The van der Waals surface area contributed by atoms with Crippen molar-refractivity contribution in [1.82, 2.24) is 9.97 Å². The highest BCUT2D eigenvalue weighted by Crippen LogP contribution is 2.40. The maximum atomic E-state index is 11.9. The van der Waals surface area contributed by atoms with E-state index in [4.69, 9.17) is 24.7 Å². The second kappa shape index (κ2) is 9.53. The Morgan fingerprint density at radius 3 is 2.19 bits per heavy atom. The number of methoxy groups -OCH3 is 4. The first-order chi connectivity index (χ1) is 15.0. The average Bonchev–Trinajstić information content (AvgIpc) is 2.78. The molecule has 0 unspecified atom stereocenters. The van der Waals surface area contributed by atoms with Crippen molar-refractivity contribution in [3.05, 3.63) is 48.2 Å². The number of primary amides is 1. The Hall–Kier alpha value is -4.21. The fourth-order valence-electron chi connectivity index (χ4n) is 2.84. The predicted molar refractivity (Wildman–Crippen MR) is 116 cm³/mol. The van der Waals surface area contributed by atoms with Crippen LogP contribution in [0.3, 0.4) is 0 Å². The normalized spacial score (nSPS) is 10.2. The lowest BCUT2D eigenvalue weighted by atomic mass is 10.2. The third-order valence-corrected chi connectivity index (χ3v) is 4.31. The summed E-state index contributed by atoms with van der Waals surface area (Å²) in [5.41, 5.74) is 6.88. The van der Waals surface area contributed by atoms with Gasteiger partial charge in [-0.3, -0.25) is 4.79 Å². The molecule has 2 aromatic carbocycles. The molecule has 0 saturated heterocycles. The monoisotopic (exact) mass is 425 g/mol. The van der Waals surface area contributed by atoms with E-state index in [0.717, 1.165) is 0 Å². The number of rotatable bonds is 9. The van der Waals surface area contributed by atoms with Gasteiger partial charge in [0.1, 0.15) is 17.1 Å². The highest BCUT2D eigenvalue weighted by atomic mass is 16.5. The molecule has 1 heterocycles. The van der Waals surface area contributed by atoms with Crippen LogP contribution in [0.4, 0.5) is 23.1 Å². The maximum absolute atomic E-state index is 11.9. The molecule has 31 heavy (non-hydrogen) atoms. The number of nitrogens with zero attached hydrogens (tertiary/aromatic N) is 2. The zero-order chi connectivity index (χ0) is 22.4. The molecule has 0 fully saturated rings. The molecule has 0 radical (unpaired) electrons. The average molecular weight is 425 g/mol. The number of aromatic nitrogens is 2. The van der Waals surface area contributed by atoms with Crippen LogP contribution in [0.5, 0.6) is 23.0 Å². The highest BCUT2D eigenvalue weighted by Gasteiger charge is 2.16. The first kappa shape index (κ1) is 21.5.